The zero-order chi connectivity index (χ0) is 11.1. The fourth-order valence-electron chi connectivity index (χ4n) is 1.33. The van der Waals surface area contributed by atoms with Crippen LogP contribution in [0.25, 0.3) is 0 Å². The second kappa shape index (κ2) is 6.23. The molecule has 0 aliphatic heterocycles. The molecule has 1 atom stereocenters. The standard InChI is InChI=1S/C11H18N4/c1-3-5-6-13-11(7-12)10-8-14-15(4-2)9-10/h8-9,11,13H,4,6-7,12H2,1-2H3. The van der Waals surface area contributed by atoms with Crippen molar-refractivity contribution in [1.82, 2.24) is 15.1 Å². The van der Waals surface area contributed by atoms with Gasteiger partial charge in [0.05, 0.1) is 12.7 Å². The first-order valence-electron chi connectivity index (χ1n) is 5.17. The van der Waals surface area contributed by atoms with Crippen LogP contribution in [0.1, 0.15) is 25.5 Å². The second-order valence-corrected chi connectivity index (χ2v) is 3.23. The van der Waals surface area contributed by atoms with Crippen LogP contribution < -0.4 is 11.1 Å². The van der Waals surface area contributed by atoms with E-state index in [9.17, 15) is 0 Å². The molecule has 0 amide bonds. The molecule has 0 aliphatic carbocycles. The lowest BCUT2D eigenvalue weighted by Gasteiger charge is -2.12. The molecule has 0 bridgehead atoms. The quantitative estimate of drug-likeness (QED) is 0.690. The number of nitrogens with two attached hydrogens (primary N) is 1. The van der Waals surface area contributed by atoms with Gasteiger partial charge in [0.1, 0.15) is 0 Å². The van der Waals surface area contributed by atoms with Crippen LogP contribution in [0, 0.1) is 11.8 Å². The van der Waals surface area contributed by atoms with Gasteiger partial charge in [-0.25, -0.2) is 0 Å². The average molecular weight is 206 g/mol. The van der Waals surface area contributed by atoms with Crippen molar-refractivity contribution in [3.63, 3.8) is 0 Å². The van der Waals surface area contributed by atoms with Crippen molar-refractivity contribution in [3.8, 4) is 11.8 Å². The molecule has 3 N–H and O–H groups in total. The van der Waals surface area contributed by atoms with Crippen molar-refractivity contribution in [2.24, 2.45) is 5.73 Å². The van der Waals surface area contributed by atoms with Gasteiger partial charge in [0, 0.05) is 30.9 Å². The number of nitrogens with one attached hydrogen (secondary N) is 1. The van der Waals surface area contributed by atoms with Gasteiger partial charge in [-0.2, -0.15) is 5.10 Å². The van der Waals surface area contributed by atoms with Crippen LogP contribution in [-0.2, 0) is 6.54 Å². The predicted molar refractivity (Wildman–Crippen MR) is 61.1 cm³/mol. The van der Waals surface area contributed by atoms with Crippen molar-refractivity contribution in [3.05, 3.63) is 18.0 Å². The molecule has 1 aromatic rings. The lowest BCUT2D eigenvalue weighted by Crippen LogP contribution is -2.28. The Balaban J connectivity index is 2.59. The van der Waals surface area contributed by atoms with E-state index in [0.717, 1.165) is 12.1 Å². The summed E-state index contributed by atoms with van der Waals surface area (Å²) in [7, 11) is 0. The summed E-state index contributed by atoms with van der Waals surface area (Å²) in [6, 6.07) is 0.145. The van der Waals surface area contributed by atoms with Gasteiger partial charge in [-0.05, 0) is 13.8 Å². The van der Waals surface area contributed by atoms with Crippen molar-refractivity contribution < 1.29 is 0 Å². The maximum absolute atomic E-state index is 5.69. The Morgan fingerprint density at radius 2 is 2.47 bits per heavy atom. The number of rotatable bonds is 5. The smallest absolute Gasteiger partial charge is 0.0581 e. The summed E-state index contributed by atoms with van der Waals surface area (Å²) in [5.41, 5.74) is 6.81. The monoisotopic (exact) mass is 206 g/mol. The van der Waals surface area contributed by atoms with Crippen LogP contribution in [0.3, 0.4) is 0 Å². The molecular weight excluding hydrogens is 188 g/mol. The third kappa shape index (κ3) is 3.39. The maximum Gasteiger partial charge on any atom is 0.0581 e. The van der Waals surface area contributed by atoms with Gasteiger partial charge in [0.2, 0.25) is 0 Å². The molecule has 1 rings (SSSR count). The van der Waals surface area contributed by atoms with Gasteiger partial charge in [-0.15, -0.1) is 5.92 Å². The lowest BCUT2D eigenvalue weighted by atomic mass is 10.1. The van der Waals surface area contributed by atoms with Crippen LogP contribution in [0.2, 0.25) is 0 Å². The fraction of sp³-hybridized carbons (Fsp3) is 0.545. The summed E-state index contributed by atoms with van der Waals surface area (Å²) in [5.74, 6) is 5.80. The summed E-state index contributed by atoms with van der Waals surface area (Å²) >= 11 is 0. The Morgan fingerprint density at radius 1 is 1.67 bits per heavy atom. The highest BCUT2D eigenvalue weighted by Gasteiger charge is 2.09. The van der Waals surface area contributed by atoms with E-state index in [0.29, 0.717) is 13.1 Å². The molecule has 0 radical (unpaired) electrons. The first kappa shape index (κ1) is 11.8. The van der Waals surface area contributed by atoms with Crippen molar-refractivity contribution in [2.45, 2.75) is 26.4 Å². The molecule has 0 saturated carbocycles. The Hall–Kier alpha value is -1.31. The minimum atomic E-state index is 0.145. The summed E-state index contributed by atoms with van der Waals surface area (Å²) in [4.78, 5) is 0. The third-order valence-corrected chi connectivity index (χ3v) is 2.23. The van der Waals surface area contributed by atoms with E-state index in [4.69, 9.17) is 5.73 Å². The summed E-state index contributed by atoms with van der Waals surface area (Å²) in [6.07, 6.45) is 3.87. The molecule has 15 heavy (non-hydrogen) atoms. The van der Waals surface area contributed by atoms with Gasteiger partial charge in [0.25, 0.3) is 0 Å². The number of hydrogen-bond donors (Lipinski definition) is 2. The molecule has 0 saturated heterocycles. The number of nitrogens with zero attached hydrogens (tertiary/aromatic N) is 2. The zero-order valence-corrected chi connectivity index (χ0v) is 9.33. The van der Waals surface area contributed by atoms with E-state index in [-0.39, 0.29) is 6.04 Å². The predicted octanol–water partition coefficient (Wildman–Crippen LogP) is 0.516. The largest absolute Gasteiger partial charge is 0.329 e. The molecule has 1 aromatic heterocycles. The molecule has 1 unspecified atom stereocenters. The third-order valence-electron chi connectivity index (χ3n) is 2.23. The average Bonchev–Trinajstić information content (AvgIpc) is 2.73. The Kier molecular flexibility index (Phi) is 4.88. The van der Waals surface area contributed by atoms with E-state index in [1.165, 1.54) is 0 Å². The van der Waals surface area contributed by atoms with E-state index in [2.05, 4.69) is 29.2 Å². The van der Waals surface area contributed by atoms with E-state index in [1.807, 2.05) is 24.0 Å². The molecule has 0 aliphatic rings. The molecule has 82 valence electrons. The van der Waals surface area contributed by atoms with Crippen LogP contribution in [0.5, 0.6) is 0 Å². The highest BCUT2D eigenvalue weighted by Crippen LogP contribution is 2.09. The fourth-order valence-corrected chi connectivity index (χ4v) is 1.33. The molecule has 0 aromatic carbocycles. The van der Waals surface area contributed by atoms with Crippen LogP contribution in [0.4, 0.5) is 0 Å². The first-order chi connectivity index (χ1) is 7.31. The maximum atomic E-state index is 5.69. The van der Waals surface area contributed by atoms with Crippen molar-refractivity contribution >= 4 is 0 Å². The highest BCUT2D eigenvalue weighted by molar-refractivity contribution is 5.12. The Labute approximate surface area is 90.8 Å². The van der Waals surface area contributed by atoms with E-state index < -0.39 is 0 Å². The van der Waals surface area contributed by atoms with Gasteiger partial charge >= 0.3 is 0 Å². The normalized spacial score (nSPS) is 11.9. The summed E-state index contributed by atoms with van der Waals surface area (Å²) in [6.45, 7) is 5.99. The zero-order valence-electron chi connectivity index (χ0n) is 9.33. The van der Waals surface area contributed by atoms with Gasteiger partial charge in [-0.3, -0.25) is 10.00 Å². The van der Waals surface area contributed by atoms with Gasteiger partial charge < -0.3 is 5.73 Å². The van der Waals surface area contributed by atoms with Gasteiger partial charge in [0.15, 0.2) is 0 Å². The number of aromatic nitrogens is 2. The highest BCUT2D eigenvalue weighted by atomic mass is 15.3. The molecule has 1 heterocycles. The lowest BCUT2D eigenvalue weighted by molar-refractivity contribution is 0.580. The Bertz CT molecular complexity index is 345. The summed E-state index contributed by atoms with van der Waals surface area (Å²) < 4.78 is 1.89. The molecule has 4 heteroatoms. The van der Waals surface area contributed by atoms with Crippen LogP contribution >= 0.6 is 0 Å². The topological polar surface area (TPSA) is 55.9 Å². The second-order valence-electron chi connectivity index (χ2n) is 3.23. The van der Waals surface area contributed by atoms with E-state index in [1.54, 1.807) is 0 Å². The summed E-state index contributed by atoms with van der Waals surface area (Å²) in [5, 5.41) is 7.49. The SMILES string of the molecule is CC#CCNC(CN)c1cnn(CC)c1. The Morgan fingerprint density at radius 3 is 3.00 bits per heavy atom. The molecule has 4 nitrogen and oxygen atoms in total. The minimum absolute atomic E-state index is 0.145. The first-order valence-corrected chi connectivity index (χ1v) is 5.17. The molecule has 0 fully saturated rings. The van der Waals surface area contributed by atoms with Crippen molar-refractivity contribution in [1.29, 1.82) is 0 Å². The van der Waals surface area contributed by atoms with E-state index >= 15 is 0 Å². The molecule has 0 spiro atoms. The number of hydrogen-bond acceptors (Lipinski definition) is 3. The van der Waals surface area contributed by atoms with Crippen molar-refractivity contribution in [2.75, 3.05) is 13.1 Å². The van der Waals surface area contributed by atoms with Crippen LogP contribution in [0.15, 0.2) is 12.4 Å². The number of aryl methyl sites for hydroxylation is 1. The molecular formula is C11H18N4. The van der Waals surface area contributed by atoms with Gasteiger partial charge in [-0.1, -0.05) is 5.92 Å². The minimum Gasteiger partial charge on any atom is -0.329 e. The van der Waals surface area contributed by atoms with Crippen LogP contribution in [-0.4, -0.2) is 22.9 Å².